The lowest BCUT2D eigenvalue weighted by Crippen LogP contribution is -2.27. The van der Waals surface area contributed by atoms with Gasteiger partial charge in [-0.15, -0.1) is 0 Å². The summed E-state index contributed by atoms with van der Waals surface area (Å²) in [6.07, 6.45) is 1.45. The van der Waals surface area contributed by atoms with E-state index < -0.39 is 21.0 Å². The van der Waals surface area contributed by atoms with Gasteiger partial charge in [0.2, 0.25) is 0 Å². The minimum atomic E-state index is -0.543. The van der Waals surface area contributed by atoms with Gasteiger partial charge in [0.05, 0.1) is 21.3 Å². The van der Waals surface area contributed by atoms with Gasteiger partial charge in [-0.3, -0.25) is 34.7 Å². The molecule has 0 aliphatic carbocycles. The van der Waals surface area contributed by atoms with E-state index in [0.717, 1.165) is 16.7 Å². The molecule has 2 heterocycles. The number of benzene rings is 2. The third kappa shape index (κ3) is 4.53. The van der Waals surface area contributed by atoms with Gasteiger partial charge in [-0.2, -0.15) is 0 Å². The monoisotopic (exact) mass is 465 g/mol. The molecule has 1 fully saturated rings. The summed E-state index contributed by atoms with van der Waals surface area (Å²) in [5.41, 5.74) is 1.63. The van der Waals surface area contributed by atoms with Crippen LogP contribution in [-0.2, 0) is 11.3 Å². The summed E-state index contributed by atoms with van der Waals surface area (Å²) in [5.74, 6) is 0.272. The molecule has 1 aromatic heterocycles. The van der Waals surface area contributed by atoms with Gasteiger partial charge in [0.1, 0.15) is 11.5 Å². The zero-order chi connectivity index (χ0) is 23.7. The Morgan fingerprint density at radius 1 is 1.00 bits per heavy atom. The standard InChI is InChI=1S/C22H15N3O7S/c1-13-9-16(25(30)31)5-7-18(13)19-8-6-17(32-19)11-20-21(26)23(22(27)33-20)12-14-3-2-4-15(10-14)24(28)29/h2-11H,12H2,1H3/b20-11-. The predicted molar refractivity (Wildman–Crippen MR) is 120 cm³/mol. The van der Waals surface area contributed by atoms with Gasteiger partial charge in [0, 0.05) is 35.9 Å². The minimum Gasteiger partial charge on any atom is -0.457 e. The Bertz CT molecular complexity index is 1350. The summed E-state index contributed by atoms with van der Waals surface area (Å²) in [7, 11) is 0. The van der Waals surface area contributed by atoms with Crippen molar-refractivity contribution >= 4 is 40.4 Å². The number of aryl methyl sites for hydroxylation is 1. The predicted octanol–water partition coefficient (Wildman–Crippen LogP) is 5.31. The van der Waals surface area contributed by atoms with Gasteiger partial charge in [0.25, 0.3) is 22.5 Å². The maximum atomic E-state index is 12.8. The topological polar surface area (TPSA) is 137 Å². The van der Waals surface area contributed by atoms with Crippen molar-refractivity contribution in [2.24, 2.45) is 0 Å². The lowest BCUT2D eigenvalue weighted by atomic mass is 10.1. The number of nitro groups is 2. The fourth-order valence-electron chi connectivity index (χ4n) is 3.33. The Hall–Kier alpha value is -4.25. The summed E-state index contributed by atoms with van der Waals surface area (Å²) in [6.45, 7) is 1.64. The molecule has 0 N–H and O–H groups in total. The number of nitro benzene ring substituents is 2. The van der Waals surface area contributed by atoms with E-state index in [-0.39, 0.29) is 22.8 Å². The largest absolute Gasteiger partial charge is 0.457 e. The van der Waals surface area contributed by atoms with Crippen molar-refractivity contribution in [3.63, 3.8) is 0 Å². The molecule has 11 heteroatoms. The van der Waals surface area contributed by atoms with Crippen LogP contribution in [0.1, 0.15) is 16.9 Å². The van der Waals surface area contributed by atoms with Crippen LogP contribution in [0.3, 0.4) is 0 Å². The highest BCUT2D eigenvalue weighted by atomic mass is 32.2. The molecule has 2 aromatic carbocycles. The summed E-state index contributed by atoms with van der Waals surface area (Å²) < 4.78 is 5.78. The van der Waals surface area contributed by atoms with Crippen molar-refractivity contribution in [1.82, 2.24) is 4.90 Å². The fraction of sp³-hybridized carbons (Fsp3) is 0.0909. The molecule has 1 aliphatic rings. The van der Waals surface area contributed by atoms with Gasteiger partial charge in [-0.1, -0.05) is 12.1 Å². The summed E-state index contributed by atoms with van der Waals surface area (Å²) in [4.78, 5) is 47.2. The summed E-state index contributed by atoms with van der Waals surface area (Å²) in [6, 6.07) is 13.5. The second-order valence-electron chi connectivity index (χ2n) is 7.15. The van der Waals surface area contributed by atoms with Crippen molar-refractivity contribution in [1.29, 1.82) is 0 Å². The molecule has 166 valence electrons. The number of rotatable bonds is 6. The molecule has 0 unspecified atom stereocenters. The van der Waals surface area contributed by atoms with E-state index in [4.69, 9.17) is 4.42 Å². The molecule has 3 aromatic rings. The molecule has 0 spiro atoms. The molecule has 1 saturated heterocycles. The van der Waals surface area contributed by atoms with E-state index in [1.54, 1.807) is 31.2 Å². The SMILES string of the molecule is Cc1cc([N+](=O)[O-])ccc1-c1ccc(/C=C2\SC(=O)N(Cc3cccc([N+](=O)[O-])c3)C2=O)o1. The van der Waals surface area contributed by atoms with Crippen LogP contribution in [0.15, 0.2) is 63.9 Å². The van der Waals surface area contributed by atoms with Crippen molar-refractivity contribution in [2.75, 3.05) is 0 Å². The molecule has 1 aliphatic heterocycles. The first-order chi connectivity index (χ1) is 15.7. The van der Waals surface area contributed by atoms with E-state index in [9.17, 15) is 29.8 Å². The van der Waals surface area contributed by atoms with Gasteiger partial charge >= 0.3 is 0 Å². The maximum absolute atomic E-state index is 12.8. The number of carbonyl (C=O) groups is 2. The Labute approximate surface area is 190 Å². The lowest BCUT2D eigenvalue weighted by molar-refractivity contribution is -0.385. The number of imide groups is 1. The summed E-state index contributed by atoms with van der Waals surface area (Å²) >= 11 is 0.749. The minimum absolute atomic E-state index is 0.0274. The van der Waals surface area contributed by atoms with Crippen molar-refractivity contribution in [2.45, 2.75) is 13.5 Å². The van der Waals surface area contributed by atoms with E-state index in [1.165, 1.54) is 36.4 Å². The van der Waals surface area contributed by atoms with Gasteiger partial charge < -0.3 is 4.42 Å². The number of non-ortho nitro benzene ring substituents is 2. The Kier molecular flexibility index (Phi) is 5.80. The Morgan fingerprint density at radius 3 is 2.42 bits per heavy atom. The van der Waals surface area contributed by atoms with Crippen LogP contribution < -0.4 is 0 Å². The molecule has 2 amide bonds. The maximum Gasteiger partial charge on any atom is 0.293 e. The number of thioether (sulfide) groups is 1. The molecular formula is C22H15N3O7S. The summed E-state index contributed by atoms with van der Waals surface area (Å²) in [5, 5.41) is 21.4. The highest BCUT2D eigenvalue weighted by Gasteiger charge is 2.35. The first kappa shape index (κ1) is 22.0. The van der Waals surface area contributed by atoms with Crippen LogP contribution in [0.4, 0.5) is 16.2 Å². The first-order valence-electron chi connectivity index (χ1n) is 9.57. The Morgan fingerprint density at radius 2 is 1.73 bits per heavy atom. The molecule has 4 rings (SSSR count). The highest BCUT2D eigenvalue weighted by molar-refractivity contribution is 8.18. The molecule has 10 nitrogen and oxygen atoms in total. The average Bonchev–Trinajstić information content (AvgIpc) is 3.34. The van der Waals surface area contributed by atoms with Crippen LogP contribution >= 0.6 is 11.8 Å². The third-order valence-electron chi connectivity index (χ3n) is 4.92. The number of hydrogen-bond donors (Lipinski definition) is 0. The molecule has 33 heavy (non-hydrogen) atoms. The van der Waals surface area contributed by atoms with Crippen molar-refractivity contribution in [3.05, 3.63) is 96.6 Å². The number of amides is 2. The van der Waals surface area contributed by atoms with Crippen LogP contribution in [0.5, 0.6) is 0 Å². The second-order valence-corrected chi connectivity index (χ2v) is 8.15. The van der Waals surface area contributed by atoms with E-state index in [2.05, 4.69) is 0 Å². The normalized spacial score (nSPS) is 14.8. The number of carbonyl (C=O) groups excluding carboxylic acids is 2. The van der Waals surface area contributed by atoms with Crippen LogP contribution in [0, 0.1) is 27.2 Å². The zero-order valence-corrected chi connectivity index (χ0v) is 17.9. The van der Waals surface area contributed by atoms with Crippen LogP contribution in [0.2, 0.25) is 0 Å². The highest BCUT2D eigenvalue weighted by Crippen LogP contribution is 2.35. The third-order valence-corrected chi connectivity index (χ3v) is 5.83. The Balaban J connectivity index is 1.54. The van der Waals surface area contributed by atoms with Gasteiger partial charge in [-0.25, -0.2) is 0 Å². The van der Waals surface area contributed by atoms with Crippen molar-refractivity contribution in [3.8, 4) is 11.3 Å². The number of furan rings is 1. The van der Waals surface area contributed by atoms with Crippen LogP contribution in [0.25, 0.3) is 17.4 Å². The van der Waals surface area contributed by atoms with Gasteiger partial charge in [0.15, 0.2) is 0 Å². The van der Waals surface area contributed by atoms with Gasteiger partial charge in [-0.05, 0) is 48.0 Å². The van der Waals surface area contributed by atoms with Crippen LogP contribution in [-0.4, -0.2) is 25.9 Å². The smallest absolute Gasteiger partial charge is 0.293 e. The van der Waals surface area contributed by atoms with Crippen molar-refractivity contribution < 1.29 is 23.9 Å². The lowest BCUT2D eigenvalue weighted by Gasteiger charge is -2.12. The second kappa shape index (κ2) is 8.71. The number of hydrogen-bond acceptors (Lipinski definition) is 8. The van der Waals surface area contributed by atoms with E-state index in [0.29, 0.717) is 28.2 Å². The fourth-order valence-corrected chi connectivity index (χ4v) is 4.15. The molecule has 0 radical (unpaired) electrons. The molecule has 0 bridgehead atoms. The first-order valence-corrected chi connectivity index (χ1v) is 10.4. The quantitative estimate of drug-likeness (QED) is 0.271. The zero-order valence-electron chi connectivity index (χ0n) is 17.1. The molecular weight excluding hydrogens is 450 g/mol. The van der Waals surface area contributed by atoms with E-state index >= 15 is 0 Å². The van der Waals surface area contributed by atoms with E-state index in [1.807, 2.05) is 0 Å². The number of nitrogens with zero attached hydrogens (tertiary/aromatic N) is 3. The molecule has 0 atom stereocenters. The average molecular weight is 465 g/mol. The molecule has 0 saturated carbocycles.